The second-order valence-corrected chi connectivity index (χ2v) is 4.45. The van der Waals surface area contributed by atoms with Gasteiger partial charge in [-0.15, -0.1) is 0 Å². The first-order valence-electron chi connectivity index (χ1n) is 5.49. The van der Waals surface area contributed by atoms with Crippen LogP contribution < -0.4 is 0 Å². The summed E-state index contributed by atoms with van der Waals surface area (Å²) < 4.78 is 5.71. The number of hydrogen-bond donors (Lipinski definition) is 1. The van der Waals surface area contributed by atoms with Crippen LogP contribution in [0.1, 0.15) is 48.9 Å². The van der Waals surface area contributed by atoms with E-state index in [-0.39, 0.29) is 6.10 Å². The summed E-state index contributed by atoms with van der Waals surface area (Å²) in [6.45, 7) is 0. The number of aliphatic hydroxyl groups is 1. The van der Waals surface area contributed by atoms with Gasteiger partial charge < -0.3 is 9.52 Å². The maximum Gasteiger partial charge on any atom is 0.197 e. The van der Waals surface area contributed by atoms with Crippen LogP contribution in [0.2, 0.25) is 0 Å². The van der Waals surface area contributed by atoms with Crippen LogP contribution in [0.3, 0.4) is 0 Å². The predicted molar refractivity (Wildman–Crippen MR) is 51.1 cm³/mol. The number of aliphatic hydroxyl groups excluding tert-OH is 1. The second kappa shape index (κ2) is 3.09. The Balaban J connectivity index is 1.87. The van der Waals surface area contributed by atoms with Crippen molar-refractivity contribution in [3.63, 3.8) is 0 Å². The van der Waals surface area contributed by atoms with Crippen molar-refractivity contribution in [2.75, 3.05) is 0 Å². The average molecular weight is 193 g/mol. The van der Waals surface area contributed by atoms with E-state index in [0.29, 0.717) is 12.3 Å². The number of aromatic nitrogens is 1. The van der Waals surface area contributed by atoms with Gasteiger partial charge in [-0.3, -0.25) is 0 Å². The summed E-state index contributed by atoms with van der Waals surface area (Å²) in [7, 11) is 0. The maximum atomic E-state index is 9.49. The lowest BCUT2D eigenvalue weighted by atomic mass is 9.85. The average Bonchev–Trinajstić information content (AvgIpc) is 2.43. The van der Waals surface area contributed by atoms with Crippen molar-refractivity contribution >= 4 is 0 Å². The van der Waals surface area contributed by atoms with Gasteiger partial charge in [-0.25, -0.2) is 4.98 Å². The Bertz CT molecular complexity index is 341. The first-order chi connectivity index (χ1) is 6.83. The van der Waals surface area contributed by atoms with Crippen molar-refractivity contribution in [3.8, 4) is 0 Å². The quantitative estimate of drug-likeness (QED) is 0.739. The van der Waals surface area contributed by atoms with Gasteiger partial charge in [0, 0.05) is 12.3 Å². The van der Waals surface area contributed by atoms with E-state index in [9.17, 15) is 5.11 Å². The summed E-state index contributed by atoms with van der Waals surface area (Å²) in [5.74, 6) is 2.43. The highest BCUT2D eigenvalue weighted by Crippen LogP contribution is 2.37. The Kier molecular flexibility index (Phi) is 1.87. The van der Waals surface area contributed by atoms with E-state index in [1.807, 2.05) is 0 Å². The van der Waals surface area contributed by atoms with Gasteiger partial charge in [0.05, 0.1) is 11.8 Å². The topological polar surface area (TPSA) is 46.3 Å². The lowest BCUT2D eigenvalue weighted by molar-refractivity contribution is 0.148. The number of hydrogen-bond acceptors (Lipinski definition) is 3. The molecule has 0 spiro atoms. The third-order valence-corrected chi connectivity index (χ3v) is 3.38. The molecular formula is C11H15NO2. The molecular weight excluding hydrogens is 178 g/mol. The number of rotatable bonds is 1. The lowest BCUT2D eigenvalue weighted by Gasteiger charge is -2.21. The fourth-order valence-electron chi connectivity index (χ4n) is 2.21. The standard InChI is InChI=1S/C11H15NO2/c13-8-4-5-9-10(6-8)14-11(12-9)7-2-1-3-7/h7-8,13H,1-6H2. The molecule has 1 saturated carbocycles. The molecule has 0 aliphatic heterocycles. The minimum Gasteiger partial charge on any atom is -0.445 e. The minimum atomic E-state index is -0.218. The van der Waals surface area contributed by atoms with E-state index < -0.39 is 0 Å². The molecule has 1 unspecified atom stereocenters. The van der Waals surface area contributed by atoms with Crippen molar-refractivity contribution in [3.05, 3.63) is 17.3 Å². The highest BCUT2D eigenvalue weighted by molar-refractivity contribution is 5.16. The summed E-state index contributed by atoms with van der Waals surface area (Å²) in [6, 6.07) is 0. The molecule has 2 aliphatic carbocycles. The monoisotopic (exact) mass is 193 g/mol. The largest absolute Gasteiger partial charge is 0.445 e. The molecule has 1 N–H and O–H groups in total. The second-order valence-electron chi connectivity index (χ2n) is 4.45. The van der Waals surface area contributed by atoms with E-state index in [2.05, 4.69) is 4.98 Å². The first kappa shape index (κ1) is 8.48. The van der Waals surface area contributed by atoms with Crippen molar-refractivity contribution < 1.29 is 9.52 Å². The zero-order valence-corrected chi connectivity index (χ0v) is 8.20. The highest BCUT2D eigenvalue weighted by Gasteiger charge is 2.28. The molecule has 3 rings (SSSR count). The van der Waals surface area contributed by atoms with Gasteiger partial charge in [0.1, 0.15) is 5.76 Å². The Labute approximate surface area is 83.1 Å². The van der Waals surface area contributed by atoms with Crippen LogP contribution in [-0.4, -0.2) is 16.2 Å². The maximum absolute atomic E-state index is 9.49. The summed E-state index contributed by atoms with van der Waals surface area (Å²) in [6.07, 6.45) is 5.92. The molecule has 3 nitrogen and oxygen atoms in total. The fourth-order valence-corrected chi connectivity index (χ4v) is 2.21. The molecule has 1 aromatic rings. The third kappa shape index (κ3) is 1.27. The van der Waals surface area contributed by atoms with E-state index in [4.69, 9.17) is 4.42 Å². The summed E-state index contributed by atoms with van der Waals surface area (Å²) in [5.41, 5.74) is 1.09. The number of nitrogens with zero attached hydrogens (tertiary/aromatic N) is 1. The molecule has 0 amide bonds. The molecule has 1 fully saturated rings. The van der Waals surface area contributed by atoms with Crippen molar-refractivity contribution in [2.45, 2.75) is 50.5 Å². The molecule has 0 aromatic carbocycles. The summed E-state index contributed by atoms with van der Waals surface area (Å²) in [4.78, 5) is 4.53. The van der Waals surface area contributed by atoms with E-state index in [1.54, 1.807) is 0 Å². The van der Waals surface area contributed by atoms with Crippen molar-refractivity contribution in [1.82, 2.24) is 4.98 Å². The summed E-state index contributed by atoms with van der Waals surface area (Å²) in [5, 5.41) is 9.49. The van der Waals surface area contributed by atoms with Gasteiger partial charge in [0.25, 0.3) is 0 Å². The zero-order chi connectivity index (χ0) is 9.54. The lowest BCUT2D eigenvalue weighted by Crippen LogP contribution is -2.17. The zero-order valence-electron chi connectivity index (χ0n) is 8.20. The Morgan fingerprint density at radius 1 is 1.29 bits per heavy atom. The Morgan fingerprint density at radius 2 is 2.14 bits per heavy atom. The van der Waals surface area contributed by atoms with Crippen LogP contribution in [-0.2, 0) is 12.8 Å². The molecule has 14 heavy (non-hydrogen) atoms. The number of oxazole rings is 1. The molecule has 1 aromatic heterocycles. The van der Waals surface area contributed by atoms with Gasteiger partial charge in [-0.05, 0) is 25.7 Å². The van der Waals surface area contributed by atoms with E-state index in [1.165, 1.54) is 19.3 Å². The fraction of sp³-hybridized carbons (Fsp3) is 0.727. The highest BCUT2D eigenvalue weighted by atomic mass is 16.4. The van der Waals surface area contributed by atoms with Gasteiger partial charge in [-0.1, -0.05) is 6.42 Å². The molecule has 2 aliphatic rings. The molecule has 0 saturated heterocycles. The number of aryl methyl sites for hydroxylation is 1. The minimum absolute atomic E-state index is 0.218. The van der Waals surface area contributed by atoms with Crippen LogP contribution in [0, 0.1) is 0 Å². The van der Waals surface area contributed by atoms with Crippen molar-refractivity contribution in [1.29, 1.82) is 0 Å². The number of fused-ring (bicyclic) bond motifs is 1. The molecule has 0 radical (unpaired) electrons. The van der Waals surface area contributed by atoms with Crippen molar-refractivity contribution in [2.24, 2.45) is 0 Å². The van der Waals surface area contributed by atoms with Gasteiger partial charge in [-0.2, -0.15) is 0 Å². The van der Waals surface area contributed by atoms with Crippen LogP contribution >= 0.6 is 0 Å². The first-order valence-corrected chi connectivity index (χ1v) is 5.49. The van der Waals surface area contributed by atoms with Crippen LogP contribution in [0.15, 0.2) is 4.42 Å². The SMILES string of the molecule is OC1CCc2nc(C3CCC3)oc2C1. The molecule has 1 atom stereocenters. The Morgan fingerprint density at radius 3 is 2.86 bits per heavy atom. The molecule has 76 valence electrons. The van der Waals surface area contributed by atoms with Crippen LogP contribution in [0.5, 0.6) is 0 Å². The van der Waals surface area contributed by atoms with Gasteiger partial charge >= 0.3 is 0 Å². The van der Waals surface area contributed by atoms with Gasteiger partial charge in [0.15, 0.2) is 5.89 Å². The Hall–Kier alpha value is -0.830. The predicted octanol–water partition coefficient (Wildman–Crippen LogP) is 1.79. The van der Waals surface area contributed by atoms with E-state index in [0.717, 1.165) is 30.2 Å². The molecule has 1 heterocycles. The van der Waals surface area contributed by atoms with E-state index >= 15 is 0 Å². The van der Waals surface area contributed by atoms with Crippen LogP contribution in [0.4, 0.5) is 0 Å². The smallest absolute Gasteiger partial charge is 0.197 e. The third-order valence-electron chi connectivity index (χ3n) is 3.38. The molecule has 3 heteroatoms. The normalized spacial score (nSPS) is 27.1. The molecule has 0 bridgehead atoms. The van der Waals surface area contributed by atoms with Gasteiger partial charge in [0.2, 0.25) is 0 Å². The van der Waals surface area contributed by atoms with Crippen LogP contribution in [0.25, 0.3) is 0 Å². The summed E-state index contributed by atoms with van der Waals surface area (Å²) >= 11 is 0.